The molecule has 0 amide bonds. The molecule has 1 rings (SSSR count). The Morgan fingerprint density at radius 1 is 1.33 bits per heavy atom. The molecule has 0 bridgehead atoms. The fraction of sp³-hybridized carbons (Fsp3) is 0.200. The molecule has 1 nitrogen and oxygen atoms in total. The molecule has 0 saturated heterocycles. The highest BCUT2D eigenvalue weighted by atomic mass is 79.9. The van der Waals surface area contributed by atoms with E-state index in [0.717, 1.165) is 16.6 Å². The van der Waals surface area contributed by atoms with Crippen molar-refractivity contribution in [2.75, 3.05) is 13.6 Å². The summed E-state index contributed by atoms with van der Waals surface area (Å²) in [6, 6.07) is 7.96. The van der Waals surface area contributed by atoms with Crippen LogP contribution < -0.4 is 5.32 Å². The molecule has 0 heterocycles. The van der Waals surface area contributed by atoms with E-state index in [4.69, 9.17) is 0 Å². The molecule has 0 atom stereocenters. The number of hydrogen-bond acceptors (Lipinski definition) is 1. The molecule has 0 saturated carbocycles. The Morgan fingerprint density at radius 2 is 2.00 bits per heavy atom. The average molecular weight is 224 g/mol. The summed E-state index contributed by atoms with van der Waals surface area (Å²) in [4.78, 5) is 0. The third-order valence-corrected chi connectivity index (χ3v) is 1.87. The third kappa shape index (κ3) is 3.08. The Kier molecular flexibility index (Phi) is 3.86. The summed E-state index contributed by atoms with van der Waals surface area (Å²) < 4.78 is 1.08. The first kappa shape index (κ1) is 9.31. The lowest BCUT2D eigenvalue weighted by Gasteiger charge is -1.90. The minimum atomic E-state index is 0.732. The fourth-order valence-corrected chi connectivity index (χ4v) is 1.03. The molecule has 2 heteroatoms. The monoisotopic (exact) mass is 223 g/mol. The SMILES string of the molecule is CNCC#Cc1ccc(Br)cc1. The van der Waals surface area contributed by atoms with E-state index in [1.165, 1.54) is 0 Å². The Morgan fingerprint density at radius 3 is 2.58 bits per heavy atom. The predicted molar refractivity (Wildman–Crippen MR) is 54.9 cm³/mol. The maximum Gasteiger partial charge on any atom is 0.0577 e. The van der Waals surface area contributed by atoms with Crippen molar-refractivity contribution < 1.29 is 0 Å². The summed E-state index contributed by atoms with van der Waals surface area (Å²) in [7, 11) is 1.89. The lowest BCUT2D eigenvalue weighted by Crippen LogP contribution is -2.04. The van der Waals surface area contributed by atoms with Gasteiger partial charge in [0.1, 0.15) is 0 Å². The zero-order valence-corrected chi connectivity index (χ0v) is 8.48. The van der Waals surface area contributed by atoms with Gasteiger partial charge in [-0.15, -0.1) is 0 Å². The van der Waals surface area contributed by atoms with E-state index in [-0.39, 0.29) is 0 Å². The van der Waals surface area contributed by atoms with Gasteiger partial charge in [-0.3, -0.25) is 0 Å². The van der Waals surface area contributed by atoms with Crippen molar-refractivity contribution in [1.82, 2.24) is 5.32 Å². The molecule has 1 N–H and O–H groups in total. The number of nitrogens with one attached hydrogen (secondary N) is 1. The van der Waals surface area contributed by atoms with Crippen molar-refractivity contribution in [2.24, 2.45) is 0 Å². The van der Waals surface area contributed by atoms with Crippen LogP contribution in [0.2, 0.25) is 0 Å². The molecular formula is C10H10BrN. The molecule has 0 spiro atoms. The first-order chi connectivity index (χ1) is 5.83. The number of halogens is 1. The van der Waals surface area contributed by atoms with Crippen LogP contribution >= 0.6 is 15.9 Å². The topological polar surface area (TPSA) is 12.0 Å². The zero-order valence-electron chi connectivity index (χ0n) is 6.89. The maximum atomic E-state index is 3.37. The second-order valence-electron chi connectivity index (χ2n) is 2.34. The Balaban J connectivity index is 2.66. The smallest absolute Gasteiger partial charge is 0.0577 e. The van der Waals surface area contributed by atoms with Crippen LogP contribution in [0.4, 0.5) is 0 Å². The van der Waals surface area contributed by atoms with Crippen LogP contribution in [0.5, 0.6) is 0 Å². The van der Waals surface area contributed by atoms with Crippen LogP contribution in [0.15, 0.2) is 28.7 Å². The highest BCUT2D eigenvalue weighted by Gasteiger charge is 1.85. The van der Waals surface area contributed by atoms with Gasteiger partial charge in [-0.25, -0.2) is 0 Å². The van der Waals surface area contributed by atoms with Crippen LogP contribution in [0.25, 0.3) is 0 Å². The molecule has 1 aromatic rings. The number of hydrogen-bond donors (Lipinski definition) is 1. The molecular weight excluding hydrogens is 214 g/mol. The summed E-state index contributed by atoms with van der Waals surface area (Å²) in [5, 5.41) is 2.97. The normalized spacial score (nSPS) is 8.83. The van der Waals surface area contributed by atoms with Crippen molar-refractivity contribution in [2.45, 2.75) is 0 Å². The minimum Gasteiger partial charge on any atom is -0.309 e. The second-order valence-corrected chi connectivity index (χ2v) is 3.25. The van der Waals surface area contributed by atoms with Gasteiger partial charge in [0, 0.05) is 10.0 Å². The van der Waals surface area contributed by atoms with Crippen LogP contribution in [0, 0.1) is 11.8 Å². The number of rotatable bonds is 1. The van der Waals surface area contributed by atoms with E-state index in [2.05, 4.69) is 33.1 Å². The van der Waals surface area contributed by atoms with Gasteiger partial charge >= 0.3 is 0 Å². The maximum absolute atomic E-state index is 3.37. The largest absolute Gasteiger partial charge is 0.309 e. The van der Waals surface area contributed by atoms with Gasteiger partial charge in [0.05, 0.1) is 6.54 Å². The van der Waals surface area contributed by atoms with E-state index < -0.39 is 0 Å². The van der Waals surface area contributed by atoms with E-state index in [1.54, 1.807) is 0 Å². The third-order valence-electron chi connectivity index (χ3n) is 1.34. The van der Waals surface area contributed by atoms with Crippen molar-refractivity contribution in [3.8, 4) is 11.8 Å². The molecule has 0 aliphatic carbocycles. The predicted octanol–water partition coefficient (Wildman–Crippen LogP) is 2.02. The van der Waals surface area contributed by atoms with E-state index in [9.17, 15) is 0 Å². The van der Waals surface area contributed by atoms with Gasteiger partial charge in [0.15, 0.2) is 0 Å². The number of benzene rings is 1. The van der Waals surface area contributed by atoms with Crippen LogP contribution in [-0.4, -0.2) is 13.6 Å². The van der Waals surface area contributed by atoms with E-state index in [1.807, 2.05) is 31.3 Å². The first-order valence-electron chi connectivity index (χ1n) is 3.72. The lowest BCUT2D eigenvalue weighted by atomic mass is 10.2. The highest BCUT2D eigenvalue weighted by molar-refractivity contribution is 9.10. The van der Waals surface area contributed by atoms with Gasteiger partial charge in [0.2, 0.25) is 0 Å². The molecule has 0 fully saturated rings. The summed E-state index contributed by atoms with van der Waals surface area (Å²) in [6.07, 6.45) is 0. The van der Waals surface area contributed by atoms with Gasteiger partial charge in [-0.1, -0.05) is 27.8 Å². The van der Waals surface area contributed by atoms with Gasteiger partial charge in [-0.2, -0.15) is 0 Å². The Bertz CT molecular complexity index is 292. The van der Waals surface area contributed by atoms with Crippen LogP contribution in [0.1, 0.15) is 5.56 Å². The van der Waals surface area contributed by atoms with Gasteiger partial charge in [-0.05, 0) is 31.3 Å². The van der Waals surface area contributed by atoms with E-state index >= 15 is 0 Å². The van der Waals surface area contributed by atoms with Gasteiger partial charge < -0.3 is 5.32 Å². The molecule has 0 radical (unpaired) electrons. The standard InChI is InChI=1S/C10H10BrN/c1-12-8-2-3-9-4-6-10(11)7-5-9/h4-7,12H,8H2,1H3. The van der Waals surface area contributed by atoms with Crippen molar-refractivity contribution in [3.63, 3.8) is 0 Å². The zero-order chi connectivity index (χ0) is 8.81. The molecule has 0 aliphatic heterocycles. The fourth-order valence-electron chi connectivity index (χ4n) is 0.768. The molecule has 62 valence electrons. The first-order valence-corrected chi connectivity index (χ1v) is 4.51. The molecule has 0 unspecified atom stereocenters. The van der Waals surface area contributed by atoms with Crippen molar-refractivity contribution in [1.29, 1.82) is 0 Å². The summed E-state index contributed by atoms with van der Waals surface area (Å²) in [5.74, 6) is 6.03. The highest BCUT2D eigenvalue weighted by Crippen LogP contribution is 2.09. The summed E-state index contributed by atoms with van der Waals surface area (Å²) >= 11 is 3.37. The Labute approximate surface area is 81.3 Å². The second kappa shape index (κ2) is 4.97. The molecule has 1 aromatic carbocycles. The van der Waals surface area contributed by atoms with Crippen LogP contribution in [-0.2, 0) is 0 Å². The molecule has 0 aromatic heterocycles. The lowest BCUT2D eigenvalue weighted by molar-refractivity contribution is 0.938. The average Bonchev–Trinajstić information content (AvgIpc) is 2.09. The Hall–Kier alpha value is -0.780. The molecule has 0 aliphatic rings. The van der Waals surface area contributed by atoms with Crippen molar-refractivity contribution >= 4 is 15.9 Å². The summed E-state index contributed by atoms with van der Waals surface area (Å²) in [5.41, 5.74) is 1.05. The van der Waals surface area contributed by atoms with Crippen LogP contribution in [0.3, 0.4) is 0 Å². The van der Waals surface area contributed by atoms with Gasteiger partial charge in [0.25, 0.3) is 0 Å². The quantitative estimate of drug-likeness (QED) is 0.719. The summed E-state index contributed by atoms with van der Waals surface area (Å²) in [6.45, 7) is 0.732. The minimum absolute atomic E-state index is 0.732. The van der Waals surface area contributed by atoms with E-state index in [0.29, 0.717) is 0 Å². The molecule has 12 heavy (non-hydrogen) atoms. The van der Waals surface area contributed by atoms with Crippen molar-refractivity contribution in [3.05, 3.63) is 34.3 Å².